The third kappa shape index (κ3) is 25.0. The molecule has 0 bridgehead atoms. The second kappa shape index (κ2) is 16.9. The van der Waals surface area contributed by atoms with Crippen LogP contribution in [0.15, 0.2) is 0 Å². The van der Waals surface area contributed by atoms with E-state index in [1.165, 1.54) is 37.2 Å². The fourth-order valence-corrected chi connectivity index (χ4v) is 0.780. The number of rotatable bonds is 5. The van der Waals surface area contributed by atoms with Gasteiger partial charge in [-0.15, -0.1) is 0 Å². The van der Waals surface area contributed by atoms with E-state index < -0.39 is 0 Å². The van der Waals surface area contributed by atoms with Gasteiger partial charge in [0, 0.05) is 0 Å². The molecule has 0 aliphatic rings. The Hall–Kier alpha value is 0.597. The Kier molecular flexibility index (Phi) is 21.7. The standard InChI is InChI=1S/C6H13.C4H9.Li/c1-3-5-6-4-2;1-3-4-2;/h1,3-6H2,2H3;1,3-4H2,2H3;. The van der Waals surface area contributed by atoms with E-state index >= 15 is 0 Å². The van der Waals surface area contributed by atoms with Crippen molar-refractivity contribution in [2.75, 3.05) is 0 Å². The summed E-state index contributed by atoms with van der Waals surface area (Å²) in [6, 6.07) is 0. The van der Waals surface area contributed by atoms with Crippen molar-refractivity contribution in [3.05, 3.63) is 6.92 Å². The summed E-state index contributed by atoms with van der Waals surface area (Å²) in [5.41, 5.74) is 0. The minimum absolute atomic E-state index is 1.10. The SMILES string of the molecule is [CH2]CCCCC.[Li][CH2]CCC. The molecule has 0 rings (SSSR count). The second-order valence-electron chi connectivity index (χ2n) is 2.91. The molecule has 11 heavy (non-hydrogen) atoms. The molecule has 0 N–H and O–H groups in total. The van der Waals surface area contributed by atoms with Crippen LogP contribution in [0.1, 0.15) is 52.4 Å². The van der Waals surface area contributed by atoms with Crippen LogP contribution in [0.5, 0.6) is 0 Å². The van der Waals surface area contributed by atoms with Crippen molar-refractivity contribution in [3.8, 4) is 0 Å². The van der Waals surface area contributed by atoms with Crippen molar-refractivity contribution in [2.45, 2.75) is 57.5 Å². The average molecular weight is 149 g/mol. The summed E-state index contributed by atoms with van der Waals surface area (Å²) in [7, 11) is 0. The first-order valence-electron chi connectivity index (χ1n) is 5.12. The summed E-state index contributed by atoms with van der Waals surface area (Å²) < 4.78 is 0. The molecule has 0 saturated heterocycles. The van der Waals surface area contributed by atoms with Gasteiger partial charge in [-0.25, -0.2) is 0 Å². The zero-order valence-electron chi connectivity index (χ0n) is 8.66. The topological polar surface area (TPSA) is 0 Å². The predicted octanol–water partition coefficient (Wildman–Crippen LogP) is 3.77. The molecular formula is C10H22Li. The molecule has 0 aromatic rings. The van der Waals surface area contributed by atoms with Crippen LogP contribution in [0.2, 0.25) is 5.09 Å². The third-order valence-corrected chi connectivity index (χ3v) is 1.56. The molecular weight excluding hydrogens is 127 g/mol. The Balaban J connectivity index is 0. The van der Waals surface area contributed by atoms with Crippen LogP contribution >= 0.6 is 0 Å². The Morgan fingerprint density at radius 3 is 1.64 bits per heavy atom. The zero-order valence-corrected chi connectivity index (χ0v) is 8.66. The van der Waals surface area contributed by atoms with E-state index in [-0.39, 0.29) is 0 Å². The molecule has 0 heterocycles. The summed E-state index contributed by atoms with van der Waals surface area (Å²) in [5.74, 6) is 0. The van der Waals surface area contributed by atoms with Gasteiger partial charge in [0.15, 0.2) is 0 Å². The van der Waals surface area contributed by atoms with Gasteiger partial charge in [-0.1, -0.05) is 39.5 Å². The van der Waals surface area contributed by atoms with Gasteiger partial charge < -0.3 is 0 Å². The monoisotopic (exact) mass is 149 g/mol. The molecule has 1 radical (unpaired) electrons. The molecule has 0 unspecified atom stereocenters. The molecule has 0 aromatic heterocycles. The van der Waals surface area contributed by atoms with Crippen LogP contribution in [0.25, 0.3) is 0 Å². The normalized spacial score (nSPS) is 8.82. The molecule has 63 valence electrons. The first-order valence-corrected chi connectivity index (χ1v) is 5.12. The Labute approximate surface area is 82.4 Å². The average Bonchev–Trinajstić information content (AvgIpc) is 2.04. The van der Waals surface area contributed by atoms with Crippen molar-refractivity contribution < 1.29 is 0 Å². The first-order chi connectivity index (χ1) is 5.33. The Morgan fingerprint density at radius 1 is 1.00 bits per heavy atom. The molecule has 0 amide bonds. The van der Waals surface area contributed by atoms with Crippen molar-refractivity contribution in [1.29, 1.82) is 0 Å². The van der Waals surface area contributed by atoms with Crippen molar-refractivity contribution in [3.63, 3.8) is 0 Å². The van der Waals surface area contributed by atoms with Crippen LogP contribution in [0.4, 0.5) is 0 Å². The maximum atomic E-state index is 3.72. The van der Waals surface area contributed by atoms with E-state index in [2.05, 4.69) is 38.5 Å². The molecule has 0 spiro atoms. The maximum absolute atomic E-state index is 3.72. The fraction of sp³-hybridized carbons (Fsp3) is 0.900. The van der Waals surface area contributed by atoms with E-state index in [1.807, 2.05) is 0 Å². The van der Waals surface area contributed by atoms with Crippen LogP contribution < -0.4 is 0 Å². The van der Waals surface area contributed by atoms with E-state index in [0.717, 1.165) is 6.42 Å². The van der Waals surface area contributed by atoms with Crippen LogP contribution in [-0.4, -0.2) is 17.7 Å². The zero-order chi connectivity index (χ0) is 8.95. The van der Waals surface area contributed by atoms with Gasteiger partial charge in [-0.2, -0.15) is 0 Å². The van der Waals surface area contributed by atoms with Crippen LogP contribution in [-0.2, 0) is 0 Å². The quantitative estimate of drug-likeness (QED) is 0.412. The van der Waals surface area contributed by atoms with E-state index in [0.29, 0.717) is 0 Å². The van der Waals surface area contributed by atoms with Crippen LogP contribution in [0, 0.1) is 6.92 Å². The van der Waals surface area contributed by atoms with Gasteiger partial charge in [0.25, 0.3) is 0 Å². The van der Waals surface area contributed by atoms with E-state index in [1.54, 1.807) is 0 Å². The Bertz CT molecular complexity index is 38.1. The summed E-state index contributed by atoms with van der Waals surface area (Å²) in [5, 5.41) is 1.34. The number of hydrogen-bond acceptors (Lipinski definition) is 0. The summed E-state index contributed by atoms with van der Waals surface area (Å²) in [6.45, 7) is 8.14. The van der Waals surface area contributed by atoms with Gasteiger partial charge in [-0.05, 0) is 0 Å². The van der Waals surface area contributed by atoms with Crippen LogP contribution in [0.3, 0.4) is 0 Å². The molecule has 0 fully saturated rings. The summed E-state index contributed by atoms with van der Waals surface area (Å²) in [6.07, 6.45) is 7.81. The first kappa shape index (κ1) is 14.1. The van der Waals surface area contributed by atoms with Gasteiger partial charge >= 0.3 is 42.6 Å². The van der Waals surface area contributed by atoms with Crippen molar-refractivity contribution >= 4 is 17.7 Å². The third-order valence-electron chi connectivity index (χ3n) is 1.56. The van der Waals surface area contributed by atoms with Crippen molar-refractivity contribution in [1.82, 2.24) is 0 Å². The molecule has 0 saturated carbocycles. The van der Waals surface area contributed by atoms with E-state index in [9.17, 15) is 0 Å². The molecule has 0 aliphatic carbocycles. The van der Waals surface area contributed by atoms with Gasteiger partial charge in [0.2, 0.25) is 0 Å². The summed E-state index contributed by atoms with van der Waals surface area (Å²) >= 11 is 2.21. The number of unbranched alkanes of at least 4 members (excludes halogenated alkanes) is 4. The molecule has 0 nitrogen and oxygen atoms in total. The number of hydrogen-bond donors (Lipinski definition) is 0. The van der Waals surface area contributed by atoms with E-state index in [4.69, 9.17) is 0 Å². The van der Waals surface area contributed by atoms with Gasteiger partial charge in [-0.3, -0.25) is 0 Å². The molecule has 0 atom stereocenters. The molecule has 0 aliphatic heterocycles. The van der Waals surface area contributed by atoms with Gasteiger partial charge in [0.1, 0.15) is 0 Å². The summed E-state index contributed by atoms with van der Waals surface area (Å²) in [4.78, 5) is 0. The molecule has 0 aromatic carbocycles. The Morgan fingerprint density at radius 2 is 1.55 bits per heavy atom. The minimum atomic E-state index is 1.10. The van der Waals surface area contributed by atoms with Gasteiger partial charge in [0.05, 0.1) is 0 Å². The fourth-order valence-electron chi connectivity index (χ4n) is 0.780. The van der Waals surface area contributed by atoms with Crippen molar-refractivity contribution in [2.24, 2.45) is 0 Å². The second-order valence-corrected chi connectivity index (χ2v) is 2.91. The predicted molar refractivity (Wildman–Crippen MR) is 55.0 cm³/mol. The molecule has 1 heteroatoms.